The maximum absolute atomic E-state index is 11.7. The van der Waals surface area contributed by atoms with E-state index in [2.05, 4.69) is 4.99 Å². The van der Waals surface area contributed by atoms with Crippen LogP contribution in [0.3, 0.4) is 0 Å². The van der Waals surface area contributed by atoms with E-state index in [0.29, 0.717) is 21.8 Å². The molecule has 0 N–H and O–H groups in total. The fraction of sp³-hybridized carbons (Fsp3) is 0.300. The van der Waals surface area contributed by atoms with Crippen molar-refractivity contribution < 1.29 is 4.73 Å². The van der Waals surface area contributed by atoms with Crippen LogP contribution in [-0.2, 0) is 13.6 Å². The molecule has 0 saturated carbocycles. The van der Waals surface area contributed by atoms with Crippen LogP contribution in [0.1, 0.15) is 6.92 Å². The minimum absolute atomic E-state index is 0.0952. The van der Waals surface area contributed by atoms with Gasteiger partial charge in [0.15, 0.2) is 6.20 Å². The fourth-order valence-electron chi connectivity index (χ4n) is 1.43. The summed E-state index contributed by atoms with van der Waals surface area (Å²) in [5.41, 5.74) is 0.439. The lowest BCUT2D eigenvalue weighted by atomic mass is 10.4. The van der Waals surface area contributed by atoms with E-state index in [1.165, 1.54) is 27.9 Å². The highest BCUT2D eigenvalue weighted by atomic mass is 32.1. The van der Waals surface area contributed by atoms with Crippen molar-refractivity contribution in [1.29, 1.82) is 0 Å². The highest BCUT2D eigenvalue weighted by Gasteiger charge is 2.04. The zero-order chi connectivity index (χ0) is 12.4. The molecule has 2 aromatic heterocycles. The van der Waals surface area contributed by atoms with Crippen LogP contribution >= 0.6 is 11.5 Å². The van der Waals surface area contributed by atoms with Crippen molar-refractivity contribution in [2.45, 2.75) is 13.5 Å². The summed E-state index contributed by atoms with van der Waals surface area (Å²) < 4.78 is 3.75. The molecule has 0 aliphatic carbocycles. The standard InChI is InChI=1S/C10H12N4O2S/c1-3-14-9(17-12(2)10(14)15)11-8-5-4-6-13(16)7-8/h4-7H,3H2,1-2H3. The molecule has 90 valence electrons. The van der Waals surface area contributed by atoms with Crippen LogP contribution in [0.15, 0.2) is 34.3 Å². The van der Waals surface area contributed by atoms with Gasteiger partial charge in [-0.05, 0) is 24.5 Å². The molecule has 0 amide bonds. The van der Waals surface area contributed by atoms with Gasteiger partial charge in [-0.1, -0.05) is 0 Å². The summed E-state index contributed by atoms with van der Waals surface area (Å²) in [5.74, 6) is 0. The van der Waals surface area contributed by atoms with Gasteiger partial charge in [0.2, 0.25) is 11.0 Å². The molecule has 2 heterocycles. The summed E-state index contributed by atoms with van der Waals surface area (Å²) >= 11 is 1.26. The number of nitrogens with zero attached hydrogens (tertiary/aromatic N) is 4. The van der Waals surface area contributed by atoms with Crippen molar-refractivity contribution in [1.82, 2.24) is 8.52 Å². The number of aromatic nitrogens is 3. The lowest BCUT2D eigenvalue weighted by Gasteiger charge is -1.95. The molecule has 0 unspecified atom stereocenters. The van der Waals surface area contributed by atoms with E-state index in [1.807, 2.05) is 6.92 Å². The number of hydrogen-bond donors (Lipinski definition) is 0. The largest absolute Gasteiger partial charge is 0.619 e. The Morgan fingerprint density at radius 3 is 3.00 bits per heavy atom. The first-order chi connectivity index (χ1) is 8.11. The van der Waals surface area contributed by atoms with Gasteiger partial charge in [-0.3, -0.25) is 4.57 Å². The minimum Gasteiger partial charge on any atom is -0.619 e. The van der Waals surface area contributed by atoms with E-state index in [1.54, 1.807) is 23.7 Å². The molecule has 0 radical (unpaired) electrons. The fourth-order valence-corrected chi connectivity index (χ4v) is 2.31. The second-order valence-electron chi connectivity index (χ2n) is 3.43. The molecule has 6 nitrogen and oxygen atoms in total. The van der Waals surface area contributed by atoms with Gasteiger partial charge in [0.25, 0.3) is 0 Å². The van der Waals surface area contributed by atoms with Crippen LogP contribution in [0.4, 0.5) is 5.69 Å². The molecule has 0 fully saturated rings. The van der Waals surface area contributed by atoms with E-state index in [-0.39, 0.29) is 5.69 Å². The summed E-state index contributed by atoms with van der Waals surface area (Å²) in [7, 11) is 1.69. The Balaban J connectivity index is 2.61. The zero-order valence-electron chi connectivity index (χ0n) is 9.53. The molecular formula is C10H12N4O2S. The molecule has 0 aliphatic rings. The minimum atomic E-state index is -0.0952. The number of hydrogen-bond acceptors (Lipinski definition) is 4. The molecule has 0 aromatic carbocycles. The van der Waals surface area contributed by atoms with Gasteiger partial charge in [-0.25, -0.2) is 13.7 Å². The monoisotopic (exact) mass is 252 g/mol. The maximum Gasteiger partial charge on any atom is 0.339 e. The smallest absolute Gasteiger partial charge is 0.339 e. The van der Waals surface area contributed by atoms with Gasteiger partial charge < -0.3 is 5.21 Å². The van der Waals surface area contributed by atoms with Crippen LogP contribution in [0, 0.1) is 5.21 Å². The average Bonchev–Trinajstić information content (AvgIpc) is 2.54. The van der Waals surface area contributed by atoms with Gasteiger partial charge in [-0.15, -0.1) is 0 Å². The predicted molar refractivity (Wildman–Crippen MR) is 63.8 cm³/mol. The Kier molecular flexibility index (Phi) is 3.10. The van der Waals surface area contributed by atoms with Crippen molar-refractivity contribution in [3.05, 3.63) is 45.0 Å². The van der Waals surface area contributed by atoms with Crippen LogP contribution in [0.25, 0.3) is 0 Å². The summed E-state index contributed by atoms with van der Waals surface area (Å²) in [6, 6.07) is 3.34. The van der Waals surface area contributed by atoms with E-state index in [0.717, 1.165) is 0 Å². The Morgan fingerprint density at radius 2 is 2.35 bits per heavy atom. The van der Waals surface area contributed by atoms with Crippen molar-refractivity contribution >= 4 is 17.2 Å². The lowest BCUT2D eigenvalue weighted by Crippen LogP contribution is -2.28. The molecule has 0 aliphatic heterocycles. The Bertz CT molecular complexity index is 653. The SMILES string of the molecule is CCn1c(=Nc2ccc[n+]([O-])c2)sn(C)c1=O. The third-order valence-electron chi connectivity index (χ3n) is 2.25. The van der Waals surface area contributed by atoms with Crippen LogP contribution in [0.5, 0.6) is 0 Å². The molecule has 0 atom stereocenters. The van der Waals surface area contributed by atoms with Gasteiger partial charge in [0.05, 0.1) is 0 Å². The molecular weight excluding hydrogens is 240 g/mol. The third-order valence-corrected chi connectivity index (χ3v) is 3.16. The van der Waals surface area contributed by atoms with Crippen LogP contribution < -0.4 is 15.2 Å². The van der Waals surface area contributed by atoms with Crippen molar-refractivity contribution in [3.63, 3.8) is 0 Å². The second-order valence-corrected chi connectivity index (χ2v) is 4.53. The quantitative estimate of drug-likeness (QED) is 0.563. The molecule has 17 heavy (non-hydrogen) atoms. The number of pyridine rings is 1. The molecule has 2 rings (SSSR count). The Labute approximate surface area is 101 Å². The zero-order valence-corrected chi connectivity index (χ0v) is 10.3. The van der Waals surface area contributed by atoms with Crippen molar-refractivity contribution in [3.8, 4) is 0 Å². The molecule has 0 spiro atoms. The highest BCUT2D eigenvalue weighted by Crippen LogP contribution is 2.05. The summed E-state index contributed by atoms with van der Waals surface area (Å²) in [4.78, 5) is 16.6. The summed E-state index contributed by atoms with van der Waals surface area (Å²) in [6.07, 6.45) is 2.75. The van der Waals surface area contributed by atoms with Gasteiger partial charge in [-0.2, -0.15) is 4.73 Å². The topological polar surface area (TPSA) is 66.2 Å². The lowest BCUT2D eigenvalue weighted by molar-refractivity contribution is -0.604. The van der Waals surface area contributed by atoms with Gasteiger partial charge >= 0.3 is 5.69 Å². The normalized spacial score (nSPS) is 12.0. The first-order valence-corrected chi connectivity index (χ1v) is 5.90. The summed E-state index contributed by atoms with van der Waals surface area (Å²) in [6.45, 7) is 2.44. The average molecular weight is 252 g/mol. The van der Waals surface area contributed by atoms with E-state index in [4.69, 9.17) is 0 Å². The molecule has 0 saturated heterocycles. The van der Waals surface area contributed by atoms with Gasteiger partial charge in [0, 0.05) is 19.7 Å². The van der Waals surface area contributed by atoms with Crippen molar-refractivity contribution in [2.24, 2.45) is 12.0 Å². The first-order valence-electron chi connectivity index (χ1n) is 5.12. The van der Waals surface area contributed by atoms with E-state index in [9.17, 15) is 10.0 Å². The van der Waals surface area contributed by atoms with E-state index >= 15 is 0 Å². The Morgan fingerprint density at radius 1 is 1.59 bits per heavy atom. The molecule has 2 aromatic rings. The van der Waals surface area contributed by atoms with Crippen LogP contribution in [0.2, 0.25) is 0 Å². The number of rotatable bonds is 2. The summed E-state index contributed by atoms with van der Waals surface area (Å²) in [5, 5.41) is 11.1. The predicted octanol–water partition coefficient (Wildman–Crippen LogP) is 0.134. The molecule has 0 bridgehead atoms. The van der Waals surface area contributed by atoms with Crippen molar-refractivity contribution in [2.75, 3.05) is 0 Å². The van der Waals surface area contributed by atoms with E-state index < -0.39 is 0 Å². The number of aryl methyl sites for hydroxylation is 1. The second kappa shape index (κ2) is 4.54. The van der Waals surface area contributed by atoms with Gasteiger partial charge in [0.1, 0.15) is 5.69 Å². The molecule has 7 heteroatoms. The first kappa shape index (κ1) is 11.6. The third kappa shape index (κ3) is 2.28. The Hall–Kier alpha value is -1.89. The maximum atomic E-state index is 11.7. The van der Waals surface area contributed by atoms with Crippen LogP contribution in [-0.4, -0.2) is 8.52 Å². The highest BCUT2D eigenvalue weighted by molar-refractivity contribution is 7.03.